The summed E-state index contributed by atoms with van der Waals surface area (Å²) in [5.41, 5.74) is 0.915. The predicted octanol–water partition coefficient (Wildman–Crippen LogP) is 1.79. The first-order valence-electron chi connectivity index (χ1n) is 8.00. The summed E-state index contributed by atoms with van der Waals surface area (Å²) in [5, 5.41) is 3.04. The SMILES string of the molecule is C[C@H](Cc1cnccn1)NC(=O)CCCN1CCCCC1. The molecule has 21 heavy (non-hydrogen) atoms. The Hall–Kier alpha value is -1.49. The van der Waals surface area contributed by atoms with Crippen molar-refractivity contribution in [3.8, 4) is 0 Å². The Labute approximate surface area is 127 Å². The number of nitrogens with one attached hydrogen (secondary N) is 1. The Kier molecular flexibility index (Phi) is 6.60. The molecule has 116 valence electrons. The molecule has 0 spiro atoms. The normalized spacial score (nSPS) is 17.4. The zero-order valence-corrected chi connectivity index (χ0v) is 12.9. The summed E-state index contributed by atoms with van der Waals surface area (Å²) in [5.74, 6) is 0.142. The highest BCUT2D eigenvalue weighted by atomic mass is 16.1. The molecule has 2 heterocycles. The van der Waals surface area contributed by atoms with Crippen LogP contribution in [0.4, 0.5) is 0 Å². The van der Waals surface area contributed by atoms with Gasteiger partial charge in [-0.05, 0) is 45.8 Å². The first kappa shape index (κ1) is 15.9. The summed E-state index contributed by atoms with van der Waals surface area (Å²) in [6.07, 6.45) is 11.4. The van der Waals surface area contributed by atoms with E-state index in [1.54, 1.807) is 18.6 Å². The summed E-state index contributed by atoms with van der Waals surface area (Å²) in [6, 6.07) is 0.101. The van der Waals surface area contributed by atoms with Crippen molar-refractivity contribution in [1.82, 2.24) is 20.2 Å². The number of aromatic nitrogens is 2. The Bertz CT molecular complexity index is 418. The van der Waals surface area contributed by atoms with Gasteiger partial charge in [-0.2, -0.15) is 0 Å². The molecule has 1 aromatic rings. The van der Waals surface area contributed by atoms with Crippen LogP contribution in [0.25, 0.3) is 0 Å². The molecule has 0 bridgehead atoms. The van der Waals surface area contributed by atoms with E-state index in [1.165, 1.54) is 32.4 Å². The topological polar surface area (TPSA) is 58.1 Å². The van der Waals surface area contributed by atoms with E-state index >= 15 is 0 Å². The summed E-state index contributed by atoms with van der Waals surface area (Å²) in [6.45, 7) is 5.46. The molecule has 1 fully saturated rings. The fourth-order valence-corrected chi connectivity index (χ4v) is 2.79. The Morgan fingerprint density at radius 3 is 2.86 bits per heavy atom. The number of nitrogens with zero attached hydrogens (tertiary/aromatic N) is 3. The van der Waals surface area contributed by atoms with Crippen molar-refractivity contribution in [2.24, 2.45) is 0 Å². The number of carbonyl (C=O) groups is 1. The van der Waals surface area contributed by atoms with Crippen LogP contribution < -0.4 is 5.32 Å². The second-order valence-electron chi connectivity index (χ2n) is 5.88. The van der Waals surface area contributed by atoms with Crippen LogP contribution in [0.2, 0.25) is 0 Å². The smallest absolute Gasteiger partial charge is 0.220 e. The molecule has 1 saturated heterocycles. The third kappa shape index (κ3) is 6.21. The van der Waals surface area contributed by atoms with Gasteiger partial charge >= 0.3 is 0 Å². The zero-order chi connectivity index (χ0) is 14.9. The highest BCUT2D eigenvalue weighted by Gasteiger charge is 2.12. The van der Waals surface area contributed by atoms with Crippen molar-refractivity contribution in [1.29, 1.82) is 0 Å². The summed E-state index contributed by atoms with van der Waals surface area (Å²) >= 11 is 0. The van der Waals surface area contributed by atoms with Gasteiger partial charge in [0.25, 0.3) is 0 Å². The lowest BCUT2D eigenvalue weighted by molar-refractivity contribution is -0.121. The maximum absolute atomic E-state index is 11.9. The molecule has 1 N–H and O–H groups in total. The number of piperidine rings is 1. The van der Waals surface area contributed by atoms with E-state index in [-0.39, 0.29) is 11.9 Å². The standard InChI is InChI=1S/C16H26N4O/c1-14(12-15-13-17-7-8-18-15)19-16(21)6-5-11-20-9-3-2-4-10-20/h7-8,13-14H,2-6,9-12H2,1H3,(H,19,21)/t14-/m1/s1. The lowest BCUT2D eigenvalue weighted by atomic mass is 10.1. The number of hydrogen-bond donors (Lipinski definition) is 1. The van der Waals surface area contributed by atoms with Gasteiger partial charge in [0.15, 0.2) is 0 Å². The fraction of sp³-hybridized carbons (Fsp3) is 0.688. The second kappa shape index (κ2) is 8.72. The molecule has 2 rings (SSSR count). The van der Waals surface area contributed by atoms with Crippen LogP contribution in [0.5, 0.6) is 0 Å². The maximum atomic E-state index is 11.9. The number of hydrogen-bond acceptors (Lipinski definition) is 4. The molecule has 0 aliphatic carbocycles. The van der Waals surface area contributed by atoms with E-state index in [1.807, 2.05) is 6.92 Å². The van der Waals surface area contributed by atoms with Gasteiger partial charge in [-0.1, -0.05) is 6.42 Å². The molecular formula is C16H26N4O. The summed E-state index contributed by atoms with van der Waals surface area (Å²) in [7, 11) is 0. The van der Waals surface area contributed by atoms with E-state index in [4.69, 9.17) is 0 Å². The predicted molar refractivity (Wildman–Crippen MR) is 82.9 cm³/mol. The van der Waals surface area contributed by atoms with Gasteiger partial charge < -0.3 is 10.2 Å². The molecule has 0 radical (unpaired) electrons. The lowest BCUT2D eigenvalue weighted by Crippen LogP contribution is -2.35. The van der Waals surface area contributed by atoms with Gasteiger partial charge in [0, 0.05) is 37.5 Å². The van der Waals surface area contributed by atoms with Gasteiger partial charge in [-0.15, -0.1) is 0 Å². The van der Waals surface area contributed by atoms with Crippen molar-refractivity contribution in [2.45, 2.75) is 51.5 Å². The molecular weight excluding hydrogens is 264 g/mol. The fourth-order valence-electron chi connectivity index (χ4n) is 2.79. The zero-order valence-electron chi connectivity index (χ0n) is 12.9. The number of carbonyl (C=O) groups excluding carboxylic acids is 1. The van der Waals surface area contributed by atoms with Crippen molar-refractivity contribution in [2.75, 3.05) is 19.6 Å². The monoisotopic (exact) mass is 290 g/mol. The average Bonchev–Trinajstić information content (AvgIpc) is 2.49. The van der Waals surface area contributed by atoms with E-state index in [9.17, 15) is 4.79 Å². The van der Waals surface area contributed by atoms with Crippen LogP contribution in [0.15, 0.2) is 18.6 Å². The Morgan fingerprint density at radius 1 is 1.33 bits per heavy atom. The maximum Gasteiger partial charge on any atom is 0.220 e. The average molecular weight is 290 g/mol. The van der Waals surface area contributed by atoms with Crippen LogP contribution in [-0.2, 0) is 11.2 Å². The number of likely N-dealkylation sites (tertiary alicyclic amines) is 1. The van der Waals surface area contributed by atoms with Crippen molar-refractivity contribution >= 4 is 5.91 Å². The van der Waals surface area contributed by atoms with Crippen molar-refractivity contribution < 1.29 is 4.79 Å². The second-order valence-corrected chi connectivity index (χ2v) is 5.88. The first-order chi connectivity index (χ1) is 10.2. The van der Waals surface area contributed by atoms with Crippen LogP contribution in [0.3, 0.4) is 0 Å². The van der Waals surface area contributed by atoms with Crippen LogP contribution in [0.1, 0.15) is 44.7 Å². The minimum Gasteiger partial charge on any atom is -0.353 e. The molecule has 0 saturated carbocycles. The molecule has 0 aromatic carbocycles. The summed E-state index contributed by atoms with van der Waals surface area (Å²) < 4.78 is 0. The van der Waals surface area contributed by atoms with Crippen LogP contribution in [-0.4, -0.2) is 46.5 Å². The van der Waals surface area contributed by atoms with Gasteiger partial charge in [-0.3, -0.25) is 14.8 Å². The largest absolute Gasteiger partial charge is 0.353 e. The van der Waals surface area contributed by atoms with Crippen LogP contribution in [0, 0.1) is 0 Å². The van der Waals surface area contributed by atoms with Crippen molar-refractivity contribution in [3.05, 3.63) is 24.3 Å². The molecule has 1 aromatic heterocycles. The van der Waals surface area contributed by atoms with Gasteiger partial charge in [0.1, 0.15) is 0 Å². The molecule has 1 atom stereocenters. The minimum atomic E-state index is 0.101. The number of amides is 1. The minimum absolute atomic E-state index is 0.101. The van der Waals surface area contributed by atoms with E-state index in [0.717, 1.165) is 25.1 Å². The quantitative estimate of drug-likeness (QED) is 0.832. The molecule has 5 heteroatoms. The molecule has 1 aliphatic heterocycles. The molecule has 1 amide bonds. The van der Waals surface area contributed by atoms with E-state index < -0.39 is 0 Å². The Balaban J connectivity index is 1.60. The van der Waals surface area contributed by atoms with Crippen molar-refractivity contribution in [3.63, 3.8) is 0 Å². The third-order valence-corrected chi connectivity index (χ3v) is 3.87. The molecule has 0 unspecified atom stereocenters. The number of rotatable bonds is 7. The highest BCUT2D eigenvalue weighted by molar-refractivity contribution is 5.76. The highest BCUT2D eigenvalue weighted by Crippen LogP contribution is 2.09. The first-order valence-corrected chi connectivity index (χ1v) is 8.00. The summed E-state index contributed by atoms with van der Waals surface area (Å²) in [4.78, 5) is 22.7. The van der Waals surface area contributed by atoms with Crippen LogP contribution >= 0.6 is 0 Å². The van der Waals surface area contributed by atoms with E-state index in [2.05, 4.69) is 20.2 Å². The van der Waals surface area contributed by atoms with Gasteiger partial charge in [-0.25, -0.2) is 0 Å². The Morgan fingerprint density at radius 2 is 2.14 bits per heavy atom. The van der Waals surface area contributed by atoms with Gasteiger partial charge in [0.2, 0.25) is 5.91 Å². The third-order valence-electron chi connectivity index (χ3n) is 3.87. The molecule has 1 aliphatic rings. The van der Waals surface area contributed by atoms with Gasteiger partial charge in [0.05, 0.1) is 5.69 Å². The lowest BCUT2D eigenvalue weighted by Gasteiger charge is -2.26. The van der Waals surface area contributed by atoms with E-state index in [0.29, 0.717) is 6.42 Å². The molecule has 5 nitrogen and oxygen atoms in total.